The van der Waals surface area contributed by atoms with Crippen molar-refractivity contribution in [2.24, 2.45) is 0 Å². The third kappa shape index (κ3) is 2.79. The molecule has 0 unspecified atom stereocenters. The number of carboxylic acids is 1. The number of methoxy groups -OCH3 is 1. The van der Waals surface area contributed by atoms with Crippen molar-refractivity contribution < 1.29 is 14.6 Å². The zero-order valence-electron chi connectivity index (χ0n) is 10.8. The van der Waals surface area contributed by atoms with E-state index >= 15 is 0 Å². The number of nitrogens with zero attached hydrogens (tertiary/aromatic N) is 3. The first-order valence-electron chi connectivity index (χ1n) is 5.93. The Bertz CT molecular complexity index is 593. The Morgan fingerprint density at radius 3 is 2.89 bits per heavy atom. The van der Waals surface area contributed by atoms with Crippen molar-refractivity contribution in [2.45, 2.75) is 20.0 Å². The molecule has 0 spiro atoms. The second-order valence-corrected chi connectivity index (χ2v) is 4.03. The normalized spacial score (nSPS) is 10.6. The van der Waals surface area contributed by atoms with Crippen LogP contribution in [-0.4, -0.2) is 33.0 Å². The monoisotopic (exact) mass is 261 g/mol. The molecule has 19 heavy (non-hydrogen) atoms. The van der Waals surface area contributed by atoms with Crippen LogP contribution in [0.3, 0.4) is 0 Å². The van der Waals surface area contributed by atoms with E-state index < -0.39 is 5.97 Å². The molecule has 0 atom stereocenters. The lowest BCUT2D eigenvalue weighted by Gasteiger charge is -2.06. The molecule has 0 aliphatic carbocycles. The van der Waals surface area contributed by atoms with Gasteiger partial charge in [-0.1, -0.05) is 19.1 Å². The summed E-state index contributed by atoms with van der Waals surface area (Å²) in [5.74, 6) is -0.692. The highest BCUT2D eigenvalue weighted by molar-refractivity contribution is 5.83. The second kappa shape index (κ2) is 5.62. The number of ether oxygens (including phenoxy) is 1. The molecule has 0 radical (unpaired) electrons. The Hall–Kier alpha value is -2.21. The molecule has 6 nitrogen and oxygen atoms in total. The smallest absolute Gasteiger partial charge is 0.375 e. The average molecular weight is 261 g/mol. The van der Waals surface area contributed by atoms with Crippen LogP contribution < -0.4 is 0 Å². The van der Waals surface area contributed by atoms with Crippen molar-refractivity contribution in [3.63, 3.8) is 0 Å². The summed E-state index contributed by atoms with van der Waals surface area (Å²) in [6.45, 7) is 2.40. The fraction of sp³-hybridized carbons (Fsp3) is 0.308. The molecule has 1 N–H and O–H groups in total. The quantitative estimate of drug-likeness (QED) is 0.886. The maximum atomic E-state index is 10.9. The lowest BCUT2D eigenvalue weighted by atomic mass is 10.2. The summed E-state index contributed by atoms with van der Waals surface area (Å²) < 4.78 is 6.64. The highest BCUT2D eigenvalue weighted by atomic mass is 16.5. The van der Waals surface area contributed by atoms with Gasteiger partial charge in [-0.05, 0) is 17.7 Å². The predicted octanol–water partition coefficient (Wildman–Crippen LogP) is 1.67. The molecule has 2 aromatic rings. The summed E-state index contributed by atoms with van der Waals surface area (Å²) in [4.78, 5) is 14.9. The minimum atomic E-state index is -1.12. The predicted molar refractivity (Wildman–Crippen MR) is 68.4 cm³/mol. The van der Waals surface area contributed by atoms with Crippen LogP contribution in [0, 0.1) is 0 Å². The molecule has 0 fully saturated rings. The highest BCUT2D eigenvalue weighted by Gasteiger charge is 2.15. The van der Waals surface area contributed by atoms with E-state index in [1.165, 1.54) is 0 Å². The molecule has 2 rings (SSSR count). The second-order valence-electron chi connectivity index (χ2n) is 4.03. The van der Waals surface area contributed by atoms with Gasteiger partial charge < -0.3 is 9.84 Å². The molecular weight excluding hydrogens is 246 g/mol. The summed E-state index contributed by atoms with van der Waals surface area (Å²) in [6.07, 6.45) is 0.606. The van der Waals surface area contributed by atoms with E-state index in [2.05, 4.69) is 10.1 Å². The number of rotatable bonds is 5. The molecule has 6 heteroatoms. The lowest BCUT2D eigenvalue weighted by molar-refractivity contribution is 0.0683. The van der Waals surface area contributed by atoms with Gasteiger partial charge >= 0.3 is 5.97 Å². The first-order chi connectivity index (χ1) is 9.15. The zero-order valence-corrected chi connectivity index (χ0v) is 10.8. The molecule has 0 aliphatic rings. The summed E-state index contributed by atoms with van der Waals surface area (Å²) in [5.41, 5.74) is 1.78. The van der Waals surface area contributed by atoms with Crippen LogP contribution in [0.15, 0.2) is 24.3 Å². The third-order valence-electron chi connectivity index (χ3n) is 2.65. The molecular formula is C13H15N3O3. The molecule has 0 aliphatic heterocycles. The number of hydrogen-bond donors (Lipinski definition) is 1. The minimum Gasteiger partial charge on any atom is -0.475 e. The lowest BCUT2D eigenvalue weighted by Crippen LogP contribution is -2.04. The van der Waals surface area contributed by atoms with Crippen molar-refractivity contribution in [1.29, 1.82) is 0 Å². The topological polar surface area (TPSA) is 77.2 Å². The van der Waals surface area contributed by atoms with Gasteiger partial charge in [0.15, 0.2) is 0 Å². The van der Waals surface area contributed by atoms with Gasteiger partial charge in [-0.25, -0.2) is 14.5 Å². The van der Waals surface area contributed by atoms with Gasteiger partial charge in [0.1, 0.15) is 5.82 Å². The van der Waals surface area contributed by atoms with Gasteiger partial charge in [0.05, 0.1) is 12.3 Å². The molecule has 100 valence electrons. The maximum absolute atomic E-state index is 10.9. The number of aromatic nitrogens is 3. The molecule has 1 heterocycles. The van der Waals surface area contributed by atoms with E-state index in [4.69, 9.17) is 9.84 Å². The summed E-state index contributed by atoms with van der Waals surface area (Å²) in [6, 6.07) is 7.58. The van der Waals surface area contributed by atoms with Gasteiger partial charge in [-0.2, -0.15) is 0 Å². The van der Waals surface area contributed by atoms with E-state index in [1.807, 2.05) is 31.2 Å². The molecule has 0 saturated carbocycles. The standard InChI is InChI=1S/C13H15N3O3/c1-3-11-14-12(13(17)18)15-16(11)10-6-4-5-9(7-10)8-19-2/h4-7H,3,8H2,1-2H3,(H,17,18). The Labute approximate surface area is 110 Å². The van der Waals surface area contributed by atoms with Crippen LogP contribution in [0.5, 0.6) is 0 Å². The van der Waals surface area contributed by atoms with Gasteiger partial charge in [-0.15, -0.1) is 5.10 Å². The molecule has 0 saturated heterocycles. The van der Waals surface area contributed by atoms with Crippen LogP contribution in [0.2, 0.25) is 0 Å². The Morgan fingerprint density at radius 1 is 1.47 bits per heavy atom. The largest absolute Gasteiger partial charge is 0.475 e. The molecule has 1 aromatic carbocycles. The molecule has 1 aromatic heterocycles. The van der Waals surface area contributed by atoms with E-state index in [-0.39, 0.29) is 5.82 Å². The summed E-state index contributed by atoms with van der Waals surface area (Å²) >= 11 is 0. The van der Waals surface area contributed by atoms with Crippen molar-refractivity contribution >= 4 is 5.97 Å². The molecule has 0 amide bonds. The maximum Gasteiger partial charge on any atom is 0.375 e. The number of carboxylic acid groups (broad SMARTS) is 1. The Balaban J connectivity index is 2.45. The first kappa shape index (κ1) is 13.2. The van der Waals surface area contributed by atoms with Crippen molar-refractivity contribution in [2.75, 3.05) is 7.11 Å². The van der Waals surface area contributed by atoms with Gasteiger partial charge in [-0.3, -0.25) is 0 Å². The fourth-order valence-corrected chi connectivity index (χ4v) is 1.82. The highest BCUT2D eigenvalue weighted by Crippen LogP contribution is 2.13. The number of hydrogen-bond acceptors (Lipinski definition) is 4. The summed E-state index contributed by atoms with van der Waals surface area (Å²) in [5, 5.41) is 13.0. The number of carbonyl (C=O) groups is 1. The van der Waals surface area contributed by atoms with Gasteiger partial charge in [0, 0.05) is 13.5 Å². The Morgan fingerprint density at radius 2 is 2.26 bits per heavy atom. The van der Waals surface area contributed by atoms with Crippen molar-refractivity contribution in [3.05, 3.63) is 41.5 Å². The van der Waals surface area contributed by atoms with E-state index in [0.717, 1.165) is 11.3 Å². The van der Waals surface area contributed by atoms with Crippen LogP contribution >= 0.6 is 0 Å². The third-order valence-corrected chi connectivity index (χ3v) is 2.65. The van der Waals surface area contributed by atoms with Crippen LogP contribution in [-0.2, 0) is 17.8 Å². The van der Waals surface area contributed by atoms with Crippen LogP contribution in [0.1, 0.15) is 28.9 Å². The van der Waals surface area contributed by atoms with Crippen molar-refractivity contribution in [3.8, 4) is 5.69 Å². The van der Waals surface area contributed by atoms with E-state index in [9.17, 15) is 4.79 Å². The van der Waals surface area contributed by atoms with Crippen LogP contribution in [0.4, 0.5) is 0 Å². The zero-order chi connectivity index (χ0) is 13.8. The van der Waals surface area contributed by atoms with Crippen molar-refractivity contribution in [1.82, 2.24) is 14.8 Å². The van der Waals surface area contributed by atoms with Gasteiger partial charge in [0.2, 0.25) is 0 Å². The first-order valence-corrected chi connectivity index (χ1v) is 5.93. The van der Waals surface area contributed by atoms with E-state index in [0.29, 0.717) is 18.9 Å². The number of aromatic carboxylic acids is 1. The van der Waals surface area contributed by atoms with Gasteiger partial charge in [0.25, 0.3) is 5.82 Å². The fourth-order valence-electron chi connectivity index (χ4n) is 1.82. The SMILES string of the molecule is CCc1nc(C(=O)O)nn1-c1cccc(COC)c1. The Kier molecular flexibility index (Phi) is 3.91. The summed E-state index contributed by atoms with van der Waals surface area (Å²) in [7, 11) is 1.63. The average Bonchev–Trinajstić information content (AvgIpc) is 2.84. The molecule has 0 bridgehead atoms. The number of aryl methyl sites for hydroxylation is 1. The number of benzene rings is 1. The van der Waals surface area contributed by atoms with E-state index in [1.54, 1.807) is 11.8 Å². The van der Waals surface area contributed by atoms with Crippen LogP contribution in [0.25, 0.3) is 5.69 Å². The minimum absolute atomic E-state index is 0.186.